The number of thiocarbonyl (C=S) groups is 1. The van der Waals surface area contributed by atoms with Crippen molar-refractivity contribution in [3.8, 4) is 0 Å². The van der Waals surface area contributed by atoms with Gasteiger partial charge in [0.1, 0.15) is 0 Å². The second-order valence-electron chi connectivity index (χ2n) is 5.50. The number of aliphatic carboxylic acids is 1. The van der Waals surface area contributed by atoms with Crippen molar-refractivity contribution < 1.29 is 14.6 Å². The summed E-state index contributed by atoms with van der Waals surface area (Å²) < 4.78 is 5.46. The van der Waals surface area contributed by atoms with Crippen LogP contribution in [-0.2, 0) is 9.53 Å². The fraction of sp³-hybridized carbons (Fsp3) is 0.875. The van der Waals surface area contributed by atoms with E-state index < -0.39 is 5.97 Å². The molecule has 0 saturated heterocycles. The van der Waals surface area contributed by atoms with Gasteiger partial charge in [-0.05, 0) is 25.1 Å². The van der Waals surface area contributed by atoms with Gasteiger partial charge in [-0.2, -0.15) is 0 Å². The van der Waals surface area contributed by atoms with Gasteiger partial charge in [0, 0.05) is 6.42 Å². The van der Waals surface area contributed by atoms with Gasteiger partial charge in [0.15, 0.2) is 0 Å². The van der Waals surface area contributed by atoms with Crippen molar-refractivity contribution in [2.45, 2.75) is 83.5 Å². The van der Waals surface area contributed by atoms with Crippen LogP contribution in [0.3, 0.4) is 0 Å². The van der Waals surface area contributed by atoms with Gasteiger partial charge in [0.05, 0.1) is 6.61 Å². The molecule has 0 aromatic rings. The smallest absolute Gasteiger partial charge is 0.303 e. The first-order valence-electron chi connectivity index (χ1n) is 8.20. The Labute approximate surface area is 140 Å². The molecule has 0 unspecified atom stereocenters. The first kappa shape index (κ1) is 20.7. The summed E-state index contributed by atoms with van der Waals surface area (Å²) in [4.78, 5) is 10.3. The van der Waals surface area contributed by atoms with Crippen molar-refractivity contribution in [2.75, 3.05) is 6.61 Å². The summed E-state index contributed by atoms with van der Waals surface area (Å²) in [6.07, 6.45) is 14.8. The monoisotopic (exact) mass is 334 g/mol. The Balaban J connectivity index is 2.99. The quantitative estimate of drug-likeness (QED) is 0.240. The maximum atomic E-state index is 10.3. The van der Waals surface area contributed by atoms with Crippen LogP contribution in [0.25, 0.3) is 0 Å². The summed E-state index contributed by atoms with van der Waals surface area (Å²) in [6.45, 7) is 0.699. The predicted octanol–water partition coefficient (Wildman–Crippen LogP) is 5.37. The average molecular weight is 335 g/mol. The Morgan fingerprint density at radius 2 is 1.19 bits per heavy atom. The molecular formula is C16H30O3S2. The van der Waals surface area contributed by atoms with Crippen molar-refractivity contribution in [2.24, 2.45) is 0 Å². The molecule has 0 amide bonds. The highest BCUT2D eigenvalue weighted by Crippen LogP contribution is 2.12. The van der Waals surface area contributed by atoms with Gasteiger partial charge in [-0.15, -0.1) is 0 Å². The van der Waals surface area contributed by atoms with Crippen LogP contribution in [0, 0.1) is 0 Å². The highest BCUT2D eigenvalue weighted by molar-refractivity contribution is 8.10. The summed E-state index contributed by atoms with van der Waals surface area (Å²) in [5, 5.41) is 8.51. The van der Waals surface area contributed by atoms with Crippen LogP contribution in [-0.4, -0.2) is 22.1 Å². The highest BCUT2D eigenvalue weighted by atomic mass is 32.1. The largest absolute Gasteiger partial charge is 0.481 e. The molecule has 21 heavy (non-hydrogen) atoms. The standard InChI is InChI=1S/C16H30O3S2/c17-15(18)13-11-9-7-5-3-1-2-4-6-8-10-12-14-19-16(20)21/h1-14H2,(H,17,18)(H,20,21). The van der Waals surface area contributed by atoms with Crippen LogP contribution >= 0.6 is 24.8 Å². The normalized spacial score (nSPS) is 10.5. The number of carboxylic acid groups (broad SMARTS) is 1. The molecule has 5 heteroatoms. The van der Waals surface area contributed by atoms with Crippen LogP contribution in [0.1, 0.15) is 83.5 Å². The third-order valence-corrected chi connectivity index (χ3v) is 3.76. The average Bonchev–Trinajstić information content (AvgIpc) is 2.42. The first-order valence-corrected chi connectivity index (χ1v) is 9.06. The zero-order chi connectivity index (χ0) is 15.8. The predicted molar refractivity (Wildman–Crippen MR) is 95.2 cm³/mol. The maximum absolute atomic E-state index is 10.3. The van der Waals surface area contributed by atoms with Crippen molar-refractivity contribution in [1.29, 1.82) is 0 Å². The van der Waals surface area contributed by atoms with Crippen LogP contribution in [0.5, 0.6) is 0 Å². The minimum Gasteiger partial charge on any atom is -0.481 e. The summed E-state index contributed by atoms with van der Waals surface area (Å²) >= 11 is 8.62. The minimum absolute atomic E-state index is 0.324. The van der Waals surface area contributed by atoms with Gasteiger partial charge in [-0.3, -0.25) is 4.79 Å². The molecule has 0 aliphatic carbocycles. The lowest BCUT2D eigenvalue weighted by atomic mass is 10.0. The summed E-state index contributed by atoms with van der Waals surface area (Å²) in [5.41, 5.74) is 0. The highest BCUT2D eigenvalue weighted by Gasteiger charge is 1.97. The Morgan fingerprint density at radius 1 is 0.810 bits per heavy atom. The van der Waals surface area contributed by atoms with E-state index in [0.29, 0.717) is 17.4 Å². The van der Waals surface area contributed by atoms with E-state index in [2.05, 4.69) is 12.6 Å². The third kappa shape index (κ3) is 19.7. The molecule has 3 nitrogen and oxygen atoms in total. The van der Waals surface area contributed by atoms with Gasteiger partial charge < -0.3 is 9.84 Å². The molecule has 0 atom stereocenters. The van der Waals surface area contributed by atoms with Crippen LogP contribution in [0.2, 0.25) is 0 Å². The third-order valence-electron chi connectivity index (χ3n) is 3.51. The van der Waals surface area contributed by atoms with Crippen LogP contribution < -0.4 is 0 Å². The number of hydrogen-bond donors (Lipinski definition) is 2. The van der Waals surface area contributed by atoms with Crippen molar-refractivity contribution >= 4 is 35.2 Å². The molecule has 1 N–H and O–H groups in total. The number of carbonyl (C=O) groups is 1. The Bertz CT molecular complexity index is 244. The second kappa shape index (κ2) is 16.1. The van der Waals surface area contributed by atoms with Crippen molar-refractivity contribution in [3.05, 3.63) is 0 Å². The minimum atomic E-state index is -0.671. The Morgan fingerprint density at radius 3 is 1.57 bits per heavy atom. The SMILES string of the molecule is O=C(O)CCCCCCCCCCCCCCOC(=S)S. The van der Waals surface area contributed by atoms with E-state index >= 15 is 0 Å². The maximum Gasteiger partial charge on any atom is 0.303 e. The number of ether oxygens (including phenoxy) is 1. The van der Waals surface area contributed by atoms with Gasteiger partial charge in [-0.25, -0.2) is 0 Å². The lowest BCUT2D eigenvalue weighted by Crippen LogP contribution is -1.95. The number of rotatable bonds is 15. The molecule has 124 valence electrons. The molecule has 0 aromatic carbocycles. The summed E-state index contributed by atoms with van der Waals surface area (Å²) in [7, 11) is 0. The van der Waals surface area contributed by atoms with Crippen LogP contribution in [0.4, 0.5) is 0 Å². The molecule has 0 saturated carbocycles. The first-order chi connectivity index (χ1) is 10.1. The van der Waals surface area contributed by atoms with Crippen LogP contribution in [0.15, 0.2) is 0 Å². The molecule has 0 spiro atoms. The molecule has 0 aliphatic heterocycles. The molecule has 0 aromatic heterocycles. The van der Waals surface area contributed by atoms with E-state index in [0.717, 1.165) is 19.3 Å². The summed E-state index contributed by atoms with van der Waals surface area (Å²) in [5.74, 6) is -0.671. The molecule has 0 rings (SSSR count). The number of thiol groups is 1. The lowest BCUT2D eigenvalue weighted by molar-refractivity contribution is -0.137. The van der Waals surface area contributed by atoms with Gasteiger partial charge >= 0.3 is 5.97 Å². The van der Waals surface area contributed by atoms with Gasteiger partial charge in [0.25, 0.3) is 0 Å². The fourth-order valence-corrected chi connectivity index (χ4v) is 2.48. The van der Waals surface area contributed by atoms with Crippen molar-refractivity contribution in [1.82, 2.24) is 0 Å². The molecule has 0 aliphatic rings. The number of hydrogen-bond acceptors (Lipinski definition) is 3. The van der Waals surface area contributed by atoms with Gasteiger partial charge in [0.2, 0.25) is 4.38 Å². The number of unbranched alkanes of at least 4 members (excludes halogenated alkanes) is 11. The Kier molecular flexibility index (Phi) is 15.9. The van der Waals surface area contributed by atoms with E-state index in [4.69, 9.17) is 22.1 Å². The van der Waals surface area contributed by atoms with E-state index in [1.807, 2.05) is 0 Å². The van der Waals surface area contributed by atoms with E-state index in [-0.39, 0.29) is 0 Å². The zero-order valence-corrected chi connectivity index (χ0v) is 14.7. The molecule has 0 radical (unpaired) electrons. The molecule has 0 bridgehead atoms. The van der Waals surface area contributed by atoms with E-state index in [9.17, 15) is 4.79 Å². The Hall–Kier alpha value is -0.290. The second-order valence-corrected chi connectivity index (χ2v) is 6.58. The summed E-state index contributed by atoms with van der Waals surface area (Å²) in [6, 6.07) is 0. The molecular weight excluding hydrogens is 304 g/mol. The fourth-order valence-electron chi connectivity index (χ4n) is 2.31. The zero-order valence-electron chi connectivity index (χ0n) is 13.0. The van der Waals surface area contributed by atoms with Gasteiger partial charge in [-0.1, -0.05) is 76.8 Å². The van der Waals surface area contributed by atoms with E-state index in [1.165, 1.54) is 57.8 Å². The molecule has 0 fully saturated rings. The van der Waals surface area contributed by atoms with E-state index in [1.54, 1.807) is 0 Å². The molecule has 0 heterocycles. The lowest BCUT2D eigenvalue weighted by Gasteiger charge is -2.04. The topological polar surface area (TPSA) is 46.5 Å². The number of carboxylic acids is 1. The van der Waals surface area contributed by atoms with Crippen molar-refractivity contribution in [3.63, 3.8) is 0 Å².